The van der Waals surface area contributed by atoms with Crippen molar-refractivity contribution in [3.8, 4) is 17.4 Å². The summed E-state index contributed by atoms with van der Waals surface area (Å²) in [5.74, 6) is 0.562. The van der Waals surface area contributed by atoms with Crippen molar-refractivity contribution in [1.29, 1.82) is 5.26 Å². The fourth-order valence-corrected chi connectivity index (χ4v) is 2.34. The summed E-state index contributed by atoms with van der Waals surface area (Å²) in [6.45, 7) is 0. The molecule has 1 heterocycles. The predicted molar refractivity (Wildman–Crippen MR) is 97.8 cm³/mol. The Kier molecular flexibility index (Phi) is 4.98. The highest BCUT2D eigenvalue weighted by Gasteiger charge is 2.11. The first kappa shape index (κ1) is 16.6. The van der Waals surface area contributed by atoms with Gasteiger partial charge in [0.1, 0.15) is 23.2 Å². The number of nitrogens with zero attached hydrogens (tertiary/aromatic N) is 1. The Morgan fingerprint density at radius 2 is 1.76 bits per heavy atom. The van der Waals surface area contributed by atoms with Gasteiger partial charge in [-0.25, -0.2) is 0 Å². The molecule has 0 radical (unpaired) electrons. The number of amides is 1. The van der Waals surface area contributed by atoms with Crippen molar-refractivity contribution < 1.29 is 9.21 Å². The second kappa shape index (κ2) is 7.52. The van der Waals surface area contributed by atoms with E-state index >= 15 is 0 Å². The summed E-state index contributed by atoms with van der Waals surface area (Å²) in [4.78, 5) is 12.2. The highest BCUT2D eigenvalue weighted by molar-refractivity contribution is 6.30. The summed E-state index contributed by atoms with van der Waals surface area (Å²) in [7, 11) is 0. The van der Waals surface area contributed by atoms with Crippen molar-refractivity contribution in [3.05, 3.63) is 83.1 Å². The molecule has 1 N–H and O–H groups in total. The van der Waals surface area contributed by atoms with Crippen molar-refractivity contribution >= 4 is 29.3 Å². The van der Waals surface area contributed by atoms with Crippen LogP contribution < -0.4 is 5.32 Å². The van der Waals surface area contributed by atoms with E-state index in [4.69, 9.17) is 16.0 Å². The average molecular weight is 349 g/mol. The SMILES string of the molecule is N#C/C(=C/c1ccc(-c2ccc(Cl)cc2)o1)C(=O)Nc1ccccc1. The lowest BCUT2D eigenvalue weighted by Gasteiger charge is -2.03. The zero-order chi connectivity index (χ0) is 17.6. The maximum Gasteiger partial charge on any atom is 0.266 e. The summed E-state index contributed by atoms with van der Waals surface area (Å²) in [6.07, 6.45) is 1.41. The molecule has 0 spiro atoms. The lowest BCUT2D eigenvalue weighted by Crippen LogP contribution is -2.13. The van der Waals surface area contributed by atoms with Crippen molar-refractivity contribution in [3.63, 3.8) is 0 Å². The molecule has 0 saturated heterocycles. The zero-order valence-corrected chi connectivity index (χ0v) is 13.8. The van der Waals surface area contributed by atoms with Crippen LogP contribution in [0, 0.1) is 11.3 Å². The van der Waals surface area contributed by atoms with Crippen LogP contribution in [0.15, 0.2) is 76.7 Å². The molecule has 25 heavy (non-hydrogen) atoms. The summed E-state index contributed by atoms with van der Waals surface area (Å²) >= 11 is 5.87. The van der Waals surface area contributed by atoms with E-state index in [9.17, 15) is 10.1 Å². The quantitative estimate of drug-likeness (QED) is 0.524. The Balaban J connectivity index is 1.80. The first-order valence-corrected chi connectivity index (χ1v) is 7.87. The van der Waals surface area contributed by atoms with Crippen LogP contribution in [0.5, 0.6) is 0 Å². The number of carbonyl (C=O) groups is 1. The molecule has 0 saturated carbocycles. The first-order chi connectivity index (χ1) is 12.2. The Labute approximate surface area is 150 Å². The molecule has 1 amide bonds. The number of furan rings is 1. The van der Waals surface area contributed by atoms with Crippen LogP contribution in [0.4, 0.5) is 5.69 Å². The molecule has 5 heteroatoms. The van der Waals surface area contributed by atoms with Gasteiger partial charge in [0.15, 0.2) is 0 Å². The van der Waals surface area contributed by atoms with Crippen LogP contribution in [0.2, 0.25) is 5.02 Å². The summed E-state index contributed by atoms with van der Waals surface area (Å²) in [6, 6.07) is 21.5. The molecule has 0 aliphatic carbocycles. The summed E-state index contributed by atoms with van der Waals surface area (Å²) in [5.41, 5.74) is 1.44. The minimum atomic E-state index is -0.488. The molecular formula is C20H13ClN2O2. The first-order valence-electron chi connectivity index (χ1n) is 7.50. The largest absolute Gasteiger partial charge is 0.457 e. The van der Waals surface area contributed by atoms with Gasteiger partial charge in [-0.3, -0.25) is 4.79 Å². The molecule has 4 nitrogen and oxygen atoms in total. The average Bonchev–Trinajstić information content (AvgIpc) is 3.09. The molecular weight excluding hydrogens is 336 g/mol. The van der Waals surface area contributed by atoms with E-state index in [1.807, 2.05) is 24.3 Å². The molecule has 0 aliphatic rings. The standard InChI is InChI=1S/C20H13ClN2O2/c21-16-8-6-14(7-9-16)19-11-10-18(25-19)12-15(13-22)20(24)23-17-4-2-1-3-5-17/h1-12H,(H,23,24)/b15-12-. The van der Waals surface area contributed by atoms with E-state index in [1.165, 1.54) is 6.08 Å². The van der Waals surface area contributed by atoms with Crippen molar-refractivity contribution in [2.24, 2.45) is 0 Å². The molecule has 3 aromatic rings. The van der Waals surface area contributed by atoms with Crippen LogP contribution in [0.3, 0.4) is 0 Å². The number of nitriles is 1. The summed E-state index contributed by atoms with van der Waals surface area (Å²) in [5, 5.41) is 12.6. The van der Waals surface area contributed by atoms with Gasteiger partial charge >= 0.3 is 0 Å². The lowest BCUT2D eigenvalue weighted by molar-refractivity contribution is -0.112. The Morgan fingerprint density at radius 1 is 1.04 bits per heavy atom. The lowest BCUT2D eigenvalue weighted by atomic mass is 10.2. The van der Waals surface area contributed by atoms with E-state index in [2.05, 4.69) is 5.32 Å². The fourth-order valence-electron chi connectivity index (χ4n) is 2.21. The summed E-state index contributed by atoms with van der Waals surface area (Å²) < 4.78 is 5.69. The van der Waals surface area contributed by atoms with Gasteiger partial charge in [-0.2, -0.15) is 5.26 Å². The maximum atomic E-state index is 12.2. The number of hydrogen-bond donors (Lipinski definition) is 1. The smallest absolute Gasteiger partial charge is 0.266 e. The molecule has 122 valence electrons. The third-order valence-corrected chi connectivity index (χ3v) is 3.69. The third kappa shape index (κ3) is 4.17. The predicted octanol–water partition coefficient (Wildman–Crippen LogP) is 5.15. The van der Waals surface area contributed by atoms with Crippen molar-refractivity contribution in [2.45, 2.75) is 0 Å². The Bertz CT molecular complexity index is 951. The number of nitrogens with one attached hydrogen (secondary N) is 1. The van der Waals surface area contributed by atoms with Gasteiger partial charge in [-0.15, -0.1) is 0 Å². The number of carbonyl (C=O) groups excluding carboxylic acids is 1. The molecule has 0 aliphatic heterocycles. The van der Waals surface area contributed by atoms with Gasteiger partial charge in [0.25, 0.3) is 5.91 Å². The molecule has 2 aromatic carbocycles. The Hall–Kier alpha value is -3.29. The zero-order valence-electron chi connectivity index (χ0n) is 13.1. The number of anilines is 1. The van der Waals surface area contributed by atoms with Crippen molar-refractivity contribution in [1.82, 2.24) is 0 Å². The highest BCUT2D eigenvalue weighted by Crippen LogP contribution is 2.25. The number of rotatable bonds is 4. The minimum absolute atomic E-state index is 0.0409. The van der Waals surface area contributed by atoms with Crippen LogP contribution in [-0.4, -0.2) is 5.91 Å². The van der Waals surface area contributed by atoms with Crippen LogP contribution >= 0.6 is 11.6 Å². The normalized spacial score (nSPS) is 11.0. The molecule has 0 unspecified atom stereocenters. The van der Waals surface area contributed by atoms with Gasteiger partial charge in [0.05, 0.1) is 0 Å². The van der Waals surface area contributed by atoms with Crippen LogP contribution in [-0.2, 0) is 4.79 Å². The number of benzene rings is 2. The van der Waals surface area contributed by atoms with Crippen LogP contribution in [0.1, 0.15) is 5.76 Å². The monoisotopic (exact) mass is 348 g/mol. The van der Waals surface area contributed by atoms with E-state index < -0.39 is 5.91 Å². The van der Waals surface area contributed by atoms with Gasteiger partial charge in [-0.05, 0) is 48.5 Å². The molecule has 0 fully saturated rings. The van der Waals surface area contributed by atoms with Gasteiger partial charge < -0.3 is 9.73 Å². The second-order valence-electron chi connectivity index (χ2n) is 5.20. The molecule has 1 aromatic heterocycles. The number of para-hydroxylation sites is 1. The van der Waals surface area contributed by atoms with Crippen LogP contribution in [0.25, 0.3) is 17.4 Å². The molecule has 0 bridgehead atoms. The minimum Gasteiger partial charge on any atom is -0.457 e. The molecule has 0 atom stereocenters. The third-order valence-electron chi connectivity index (χ3n) is 3.44. The number of hydrogen-bond acceptors (Lipinski definition) is 3. The van der Waals surface area contributed by atoms with Gasteiger partial charge in [0.2, 0.25) is 0 Å². The highest BCUT2D eigenvalue weighted by atomic mass is 35.5. The van der Waals surface area contributed by atoms with Gasteiger partial charge in [-0.1, -0.05) is 29.8 Å². The van der Waals surface area contributed by atoms with Gasteiger partial charge in [0, 0.05) is 22.3 Å². The second-order valence-corrected chi connectivity index (χ2v) is 5.64. The Morgan fingerprint density at radius 3 is 2.44 bits per heavy atom. The number of halogens is 1. The van der Waals surface area contributed by atoms with Crippen molar-refractivity contribution in [2.75, 3.05) is 5.32 Å². The topological polar surface area (TPSA) is 66.0 Å². The molecule has 3 rings (SSSR count). The fraction of sp³-hybridized carbons (Fsp3) is 0. The van der Waals surface area contributed by atoms with E-state index in [0.29, 0.717) is 22.2 Å². The van der Waals surface area contributed by atoms with E-state index in [-0.39, 0.29) is 5.57 Å². The maximum absolute atomic E-state index is 12.2. The van der Waals surface area contributed by atoms with E-state index in [1.54, 1.807) is 48.5 Å². The van der Waals surface area contributed by atoms with E-state index in [0.717, 1.165) is 5.56 Å².